The van der Waals surface area contributed by atoms with Gasteiger partial charge in [0.25, 0.3) is 0 Å². The van der Waals surface area contributed by atoms with E-state index in [0.717, 1.165) is 38.7 Å². The van der Waals surface area contributed by atoms with E-state index < -0.39 is 0 Å². The Labute approximate surface area is 110 Å². The first kappa shape index (κ1) is 14.7. The minimum absolute atomic E-state index is 0.0544. The van der Waals surface area contributed by atoms with Crippen molar-refractivity contribution in [2.75, 3.05) is 13.2 Å². The van der Waals surface area contributed by atoms with Gasteiger partial charge in [-0.3, -0.25) is 4.79 Å². The van der Waals surface area contributed by atoms with Gasteiger partial charge in [-0.25, -0.2) is 0 Å². The molecule has 1 N–H and O–H groups in total. The van der Waals surface area contributed by atoms with Crippen molar-refractivity contribution in [3.63, 3.8) is 0 Å². The fourth-order valence-electron chi connectivity index (χ4n) is 1.78. The molecular formula is C15H23NO2. The third-order valence-electron chi connectivity index (χ3n) is 2.80. The summed E-state index contributed by atoms with van der Waals surface area (Å²) in [6, 6.07) is 0. The van der Waals surface area contributed by atoms with E-state index in [2.05, 4.69) is 18.0 Å². The molecule has 0 bridgehead atoms. The van der Waals surface area contributed by atoms with Crippen molar-refractivity contribution in [3.8, 4) is 0 Å². The van der Waals surface area contributed by atoms with Gasteiger partial charge in [0.1, 0.15) is 0 Å². The largest absolute Gasteiger partial charge is 0.376 e. The van der Waals surface area contributed by atoms with E-state index in [4.69, 9.17) is 4.74 Å². The molecule has 1 fully saturated rings. The van der Waals surface area contributed by atoms with Crippen molar-refractivity contribution in [3.05, 3.63) is 37.0 Å². The molecule has 3 heteroatoms. The first-order valence-electron chi connectivity index (χ1n) is 6.66. The van der Waals surface area contributed by atoms with Crippen LogP contribution in [0.25, 0.3) is 0 Å². The highest BCUT2D eigenvalue weighted by molar-refractivity contribution is 5.87. The quantitative estimate of drug-likeness (QED) is 0.311. The van der Waals surface area contributed by atoms with E-state index in [-0.39, 0.29) is 12.0 Å². The van der Waals surface area contributed by atoms with Crippen LogP contribution in [0.15, 0.2) is 37.0 Å². The van der Waals surface area contributed by atoms with Crippen LogP contribution in [-0.4, -0.2) is 25.2 Å². The van der Waals surface area contributed by atoms with Crippen molar-refractivity contribution in [2.24, 2.45) is 0 Å². The van der Waals surface area contributed by atoms with Gasteiger partial charge in [0, 0.05) is 19.2 Å². The van der Waals surface area contributed by atoms with Gasteiger partial charge in [-0.05, 0) is 32.1 Å². The maximum absolute atomic E-state index is 11.4. The van der Waals surface area contributed by atoms with Crippen LogP contribution in [0.2, 0.25) is 0 Å². The fourth-order valence-corrected chi connectivity index (χ4v) is 1.78. The summed E-state index contributed by atoms with van der Waals surface area (Å²) in [5, 5.41) is 2.84. The smallest absolute Gasteiger partial charge is 0.244 e. The van der Waals surface area contributed by atoms with Gasteiger partial charge in [-0.15, -0.1) is 6.58 Å². The monoisotopic (exact) mass is 249 g/mol. The number of unbranched alkanes of at least 4 members (excludes halogenated alkanes) is 2. The molecule has 1 unspecified atom stereocenters. The average molecular weight is 249 g/mol. The topological polar surface area (TPSA) is 38.3 Å². The van der Waals surface area contributed by atoms with Crippen LogP contribution < -0.4 is 5.32 Å². The molecule has 0 spiro atoms. The molecule has 1 aliphatic rings. The van der Waals surface area contributed by atoms with Crippen molar-refractivity contribution in [1.82, 2.24) is 5.32 Å². The second-order valence-electron chi connectivity index (χ2n) is 4.39. The maximum Gasteiger partial charge on any atom is 0.244 e. The number of hydrogen-bond acceptors (Lipinski definition) is 2. The van der Waals surface area contributed by atoms with Gasteiger partial charge >= 0.3 is 0 Å². The number of allylic oxidation sites excluding steroid dienone is 4. The van der Waals surface area contributed by atoms with E-state index in [1.165, 1.54) is 0 Å². The van der Waals surface area contributed by atoms with Crippen LogP contribution in [-0.2, 0) is 9.53 Å². The number of nitrogens with one attached hydrogen (secondary N) is 1. The van der Waals surface area contributed by atoms with Crippen LogP contribution in [0, 0.1) is 0 Å². The molecule has 1 atom stereocenters. The predicted molar refractivity (Wildman–Crippen MR) is 74.3 cm³/mol. The van der Waals surface area contributed by atoms with Crippen LogP contribution in [0.5, 0.6) is 0 Å². The second kappa shape index (κ2) is 9.66. The Morgan fingerprint density at radius 3 is 3.00 bits per heavy atom. The Morgan fingerprint density at radius 1 is 1.39 bits per heavy atom. The van der Waals surface area contributed by atoms with Gasteiger partial charge in [-0.1, -0.05) is 24.3 Å². The molecule has 0 saturated carbocycles. The number of hydrogen-bond donors (Lipinski definition) is 1. The molecule has 0 aliphatic carbocycles. The summed E-state index contributed by atoms with van der Waals surface area (Å²) in [5.41, 5.74) is 0. The van der Waals surface area contributed by atoms with Gasteiger partial charge in [0.15, 0.2) is 0 Å². The Morgan fingerprint density at radius 2 is 2.28 bits per heavy atom. The Bertz CT molecular complexity index is 302. The van der Waals surface area contributed by atoms with Crippen molar-refractivity contribution in [2.45, 2.75) is 38.2 Å². The first-order valence-corrected chi connectivity index (χ1v) is 6.66. The Balaban J connectivity index is 2.05. The van der Waals surface area contributed by atoms with Crippen LogP contribution in [0.3, 0.4) is 0 Å². The molecule has 100 valence electrons. The highest BCUT2D eigenvalue weighted by atomic mass is 16.5. The zero-order valence-corrected chi connectivity index (χ0v) is 10.9. The predicted octanol–water partition coefficient (Wildman–Crippen LogP) is 2.75. The van der Waals surface area contributed by atoms with Crippen LogP contribution in [0.4, 0.5) is 0 Å². The van der Waals surface area contributed by atoms with Crippen molar-refractivity contribution >= 4 is 5.91 Å². The number of amides is 1. The van der Waals surface area contributed by atoms with Gasteiger partial charge < -0.3 is 10.1 Å². The summed E-state index contributed by atoms with van der Waals surface area (Å²) >= 11 is 0. The summed E-state index contributed by atoms with van der Waals surface area (Å²) in [4.78, 5) is 11.4. The van der Waals surface area contributed by atoms with Crippen molar-refractivity contribution < 1.29 is 9.53 Å². The molecule has 1 amide bonds. The zero-order valence-electron chi connectivity index (χ0n) is 10.9. The molecular weight excluding hydrogens is 226 g/mol. The standard InChI is InChI=1S/C15H23NO2/c1-2-3-4-5-6-7-8-11-15(17)16-13-14-10-9-12-18-14/h2,6-8,11,14H,1,3-5,9-10,12-13H2,(H,16,17). The third-order valence-corrected chi connectivity index (χ3v) is 2.80. The van der Waals surface area contributed by atoms with E-state index >= 15 is 0 Å². The highest BCUT2D eigenvalue weighted by Gasteiger charge is 2.15. The summed E-state index contributed by atoms with van der Waals surface area (Å²) in [6.45, 7) is 5.11. The zero-order chi connectivity index (χ0) is 13.1. The highest BCUT2D eigenvalue weighted by Crippen LogP contribution is 2.10. The number of carbonyl (C=O) groups excluding carboxylic acids is 1. The minimum atomic E-state index is -0.0544. The maximum atomic E-state index is 11.4. The van der Waals surface area contributed by atoms with E-state index in [0.29, 0.717) is 6.54 Å². The summed E-state index contributed by atoms with van der Waals surface area (Å²) in [6.07, 6.45) is 14.7. The molecule has 1 saturated heterocycles. The lowest BCUT2D eigenvalue weighted by Gasteiger charge is -2.08. The number of rotatable bonds is 8. The molecule has 0 aromatic carbocycles. The Hall–Kier alpha value is -1.35. The second-order valence-corrected chi connectivity index (χ2v) is 4.39. The van der Waals surface area contributed by atoms with Crippen LogP contribution in [0.1, 0.15) is 32.1 Å². The number of carbonyl (C=O) groups is 1. The molecule has 0 aromatic rings. The molecule has 0 aromatic heterocycles. The molecule has 1 rings (SSSR count). The summed E-state index contributed by atoms with van der Waals surface area (Å²) in [5.74, 6) is -0.0544. The van der Waals surface area contributed by atoms with Gasteiger partial charge in [0.2, 0.25) is 5.91 Å². The molecule has 1 heterocycles. The summed E-state index contributed by atoms with van der Waals surface area (Å²) in [7, 11) is 0. The van der Waals surface area contributed by atoms with Crippen molar-refractivity contribution in [1.29, 1.82) is 0 Å². The normalized spacial score (nSPS) is 19.7. The van der Waals surface area contributed by atoms with E-state index in [9.17, 15) is 4.79 Å². The first-order chi connectivity index (χ1) is 8.83. The van der Waals surface area contributed by atoms with E-state index in [1.54, 1.807) is 12.2 Å². The number of ether oxygens (including phenoxy) is 1. The SMILES string of the molecule is C=CCCCC=CC=CC(=O)NCC1CCCO1. The van der Waals surface area contributed by atoms with E-state index in [1.807, 2.05) is 12.2 Å². The lowest BCUT2D eigenvalue weighted by Crippen LogP contribution is -2.30. The van der Waals surface area contributed by atoms with Crippen LogP contribution >= 0.6 is 0 Å². The summed E-state index contributed by atoms with van der Waals surface area (Å²) < 4.78 is 5.42. The van der Waals surface area contributed by atoms with Gasteiger partial charge in [0.05, 0.1) is 6.10 Å². The lowest BCUT2D eigenvalue weighted by molar-refractivity contribution is -0.117. The molecule has 18 heavy (non-hydrogen) atoms. The Kier molecular flexibility index (Phi) is 7.89. The molecule has 0 radical (unpaired) electrons. The third kappa shape index (κ3) is 7.07. The van der Waals surface area contributed by atoms with Gasteiger partial charge in [-0.2, -0.15) is 0 Å². The fraction of sp³-hybridized carbons (Fsp3) is 0.533. The minimum Gasteiger partial charge on any atom is -0.376 e. The lowest BCUT2D eigenvalue weighted by atomic mass is 10.2. The molecule has 3 nitrogen and oxygen atoms in total. The molecule has 1 aliphatic heterocycles. The average Bonchev–Trinajstić information content (AvgIpc) is 2.88.